The molecular formula is C21H26N2O4. The van der Waals surface area contributed by atoms with Crippen LogP contribution in [-0.2, 0) is 11.2 Å². The highest BCUT2D eigenvalue weighted by molar-refractivity contribution is 5.49. The zero-order valence-corrected chi connectivity index (χ0v) is 15.9. The fraction of sp³-hybridized carbons (Fsp3) is 0.429. The van der Waals surface area contributed by atoms with Crippen LogP contribution in [0.25, 0.3) is 0 Å². The van der Waals surface area contributed by atoms with Gasteiger partial charge in [0.25, 0.3) is 5.69 Å². The highest BCUT2D eigenvalue weighted by atomic mass is 16.6. The smallest absolute Gasteiger partial charge is 0.272 e. The van der Waals surface area contributed by atoms with E-state index in [0.29, 0.717) is 18.6 Å². The van der Waals surface area contributed by atoms with Crippen LogP contribution >= 0.6 is 0 Å². The van der Waals surface area contributed by atoms with Crippen molar-refractivity contribution in [1.82, 2.24) is 5.32 Å². The molecule has 1 atom stereocenters. The molecule has 0 bridgehead atoms. The molecule has 144 valence electrons. The molecule has 2 aromatic rings. The number of rotatable bonds is 7. The fourth-order valence-electron chi connectivity index (χ4n) is 3.52. The van der Waals surface area contributed by atoms with Gasteiger partial charge in [-0.25, -0.2) is 0 Å². The summed E-state index contributed by atoms with van der Waals surface area (Å²) in [5.41, 5.74) is 3.98. The van der Waals surface area contributed by atoms with Crippen LogP contribution in [0.1, 0.15) is 28.7 Å². The highest BCUT2D eigenvalue weighted by Gasteiger charge is 2.18. The molecule has 0 aliphatic carbocycles. The quantitative estimate of drug-likeness (QED) is 0.596. The number of nitro groups is 1. The van der Waals surface area contributed by atoms with E-state index in [1.807, 2.05) is 19.9 Å². The molecule has 2 aromatic carbocycles. The second-order valence-electron chi connectivity index (χ2n) is 6.97. The van der Waals surface area contributed by atoms with E-state index >= 15 is 0 Å². The van der Waals surface area contributed by atoms with Gasteiger partial charge in [0.05, 0.1) is 24.2 Å². The summed E-state index contributed by atoms with van der Waals surface area (Å²) in [6, 6.07) is 11.0. The lowest BCUT2D eigenvalue weighted by molar-refractivity contribution is -0.385. The van der Waals surface area contributed by atoms with Gasteiger partial charge in [-0.1, -0.05) is 35.9 Å². The third-order valence-corrected chi connectivity index (χ3v) is 4.76. The molecule has 3 rings (SSSR count). The average molecular weight is 370 g/mol. The first-order valence-electron chi connectivity index (χ1n) is 9.32. The lowest BCUT2D eigenvalue weighted by Gasteiger charge is -2.24. The predicted octanol–water partition coefficient (Wildman–Crippen LogP) is 3.56. The average Bonchev–Trinajstić information content (AvgIpc) is 2.65. The van der Waals surface area contributed by atoms with Crippen molar-refractivity contribution in [3.8, 4) is 5.75 Å². The second-order valence-corrected chi connectivity index (χ2v) is 6.97. The molecule has 1 saturated heterocycles. The van der Waals surface area contributed by atoms with Crippen molar-refractivity contribution in [2.45, 2.75) is 32.8 Å². The molecule has 1 fully saturated rings. The van der Waals surface area contributed by atoms with Gasteiger partial charge in [-0.2, -0.15) is 0 Å². The van der Waals surface area contributed by atoms with Crippen LogP contribution < -0.4 is 10.1 Å². The van der Waals surface area contributed by atoms with Crippen molar-refractivity contribution in [3.05, 3.63) is 68.8 Å². The predicted molar refractivity (Wildman–Crippen MR) is 105 cm³/mol. The molecule has 27 heavy (non-hydrogen) atoms. The van der Waals surface area contributed by atoms with Crippen LogP contribution in [0.2, 0.25) is 0 Å². The summed E-state index contributed by atoms with van der Waals surface area (Å²) in [5.74, 6) is 0.822. The summed E-state index contributed by atoms with van der Waals surface area (Å²) in [6.07, 6.45) is 1.45. The van der Waals surface area contributed by atoms with Gasteiger partial charge >= 0.3 is 0 Å². The van der Waals surface area contributed by atoms with Gasteiger partial charge in [-0.05, 0) is 25.0 Å². The Bertz CT molecular complexity index is 801. The van der Waals surface area contributed by atoms with Crippen molar-refractivity contribution < 1.29 is 14.4 Å². The van der Waals surface area contributed by atoms with E-state index in [0.717, 1.165) is 48.6 Å². The van der Waals surface area contributed by atoms with E-state index in [-0.39, 0.29) is 16.7 Å². The van der Waals surface area contributed by atoms with Gasteiger partial charge in [0, 0.05) is 37.6 Å². The van der Waals surface area contributed by atoms with Crippen molar-refractivity contribution in [2.24, 2.45) is 0 Å². The molecule has 1 heterocycles. The van der Waals surface area contributed by atoms with Crippen LogP contribution in [0.15, 0.2) is 36.4 Å². The SMILES string of the molecule is Cc1cc(C)c(OCCC2CNCCO2)c(Cc2ccccc2[N+](=O)[O-])c1. The number of morpholine rings is 1. The summed E-state index contributed by atoms with van der Waals surface area (Å²) in [6.45, 7) is 7.08. The van der Waals surface area contributed by atoms with Gasteiger partial charge in [0.1, 0.15) is 5.75 Å². The number of hydrogen-bond acceptors (Lipinski definition) is 5. The number of benzene rings is 2. The standard InChI is InChI=1S/C21H26N2O4/c1-15-11-16(2)21(27-9-7-19-14-22-8-10-26-19)18(12-15)13-17-5-3-4-6-20(17)23(24)25/h3-6,11-12,19,22H,7-10,13-14H2,1-2H3. The Hall–Kier alpha value is -2.44. The molecule has 1 unspecified atom stereocenters. The van der Waals surface area contributed by atoms with Gasteiger partial charge in [-0.3, -0.25) is 10.1 Å². The molecule has 0 radical (unpaired) electrons. The summed E-state index contributed by atoms with van der Waals surface area (Å²) >= 11 is 0. The maximum absolute atomic E-state index is 11.3. The van der Waals surface area contributed by atoms with E-state index in [9.17, 15) is 10.1 Å². The van der Waals surface area contributed by atoms with Crippen LogP contribution in [0.4, 0.5) is 5.69 Å². The van der Waals surface area contributed by atoms with Crippen LogP contribution in [0.5, 0.6) is 5.75 Å². The lowest BCUT2D eigenvalue weighted by Crippen LogP contribution is -2.39. The third-order valence-electron chi connectivity index (χ3n) is 4.76. The van der Waals surface area contributed by atoms with Crippen LogP contribution in [0.3, 0.4) is 0 Å². The molecule has 1 aliphatic rings. The first-order chi connectivity index (χ1) is 13.0. The lowest BCUT2D eigenvalue weighted by atomic mass is 9.98. The van der Waals surface area contributed by atoms with E-state index < -0.39 is 0 Å². The van der Waals surface area contributed by atoms with Gasteiger partial charge in [0.15, 0.2) is 0 Å². The molecular weight excluding hydrogens is 344 g/mol. The molecule has 1 aliphatic heterocycles. The number of hydrogen-bond donors (Lipinski definition) is 1. The van der Waals surface area contributed by atoms with Crippen LogP contribution in [0, 0.1) is 24.0 Å². The van der Waals surface area contributed by atoms with Gasteiger partial charge in [0.2, 0.25) is 0 Å². The zero-order chi connectivity index (χ0) is 19.2. The molecule has 6 nitrogen and oxygen atoms in total. The number of nitrogens with zero attached hydrogens (tertiary/aromatic N) is 1. The number of nitro benzene ring substituents is 1. The molecule has 0 amide bonds. The number of para-hydroxylation sites is 1. The first kappa shape index (κ1) is 19.3. The van der Waals surface area contributed by atoms with E-state index in [1.54, 1.807) is 18.2 Å². The second kappa shape index (κ2) is 8.97. The van der Waals surface area contributed by atoms with Crippen molar-refractivity contribution in [3.63, 3.8) is 0 Å². The summed E-state index contributed by atoms with van der Waals surface area (Å²) in [5, 5.41) is 14.7. The Kier molecular flexibility index (Phi) is 6.42. The zero-order valence-electron chi connectivity index (χ0n) is 15.9. The Morgan fingerprint density at radius 3 is 2.81 bits per heavy atom. The normalized spacial score (nSPS) is 16.9. The minimum absolute atomic E-state index is 0.143. The number of nitrogens with one attached hydrogen (secondary N) is 1. The fourth-order valence-corrected chi connectivity index (χ4v) is 3.52. The van der Waals surface area contributed by atoms with Crippen molar-refractivity contribution in [2.75, 3.05) is 26.3 Å². The monoisotopic (exact) mass is 370 g/mol. The Morgan fingerprint density at radius 1 is 1.26 bits per heavy atom. The molecule has 0 spiro atoms. The third kappa shape index (κ3) is 5.05. The molecule has 6 heteroatoms. The van der Waals surface area contributed by atoms with E-state index in [4.69, 9.17) is 9.47 Å². The Labute approximate surface area is 159 Å². The van der Waals surface area contributed by atoms with E-state index in [2.05, 4.69) is 17.4 Å². The van der Waals surface area contributed by atoms with Gasteiger partial charge in [-0.15, -0.1) is 0 Å². The largest absolute Gasteiger partial charge is 0.493 e. The molecule has 1 N–H and O–H groups in total. The Morgan fingerprint density at radius 2 is 2.07 bits per heavy atom. The topological polar surface area (TPSA) is 73.6 Å². The number of ether oxygens (including phenoxy) is 2. The highest BCUT2D eigenvalue weighted by Crippen LogP contribution is 2.30. The molecule has 0 aromatic heterocycles. The van der Waals surface area contributed by atoms with E-state index in [1.165, 1.54) is 0 Å². The number of aryl methyl sites for hydroxylation is 2. The maximum atomic E-state index is 11.3. The van der Waals surface area contributed by atoms with Gasteiger partial charge < -0.3 is 14.8 Å². The van der Waals surface area contributed by atoms with Crippen LogP contribution in [-0.4, -0.2) is 37.3 Å². The minimum Gasteiger partial charge on any atom is -0.493 e. The minimum atomic E-state index is -0.327. The summed E-state index contributed by atoms with van der Waals surface area (Å²) < 4.78 is 11.8. The van der Waals surface area contributed by atoms with Crippen molar-refractivity contribution in [1.29, 1.82) is 0 Å². The van der Waals surface area contributed by atoms with Crippen molar-refractivity contribution >= 4 is 5.69 Å². The maximum Gasteiger partial charge on any atom is 0.272 e. The Balaban J connectivity index is 1.77. The summed E-state index contributed by atoms with van der Waals surface area (Å²) in [4.78, 5) is 11.0. The summed E-state index contributed by atoms with van der Waals surface area (Å²) in [7, 11) is 0. The molecule has 0 saturated carbocycles. The first-order valence-corrected chi connectivity index (χ1v) is 9.32.